The molecule has 0 heterocycles. The van der Waals surface area contributed by atoms with Crippen LogP contribution in [0.3, 0.4) is 0 Å². The number of hydrogen-bond acceptors (Lipinski definition) is 0. The average molecular weight is 206 g/mol. The Kier molecular flexibility index (Phi) is 156. The van der Waals surface area contributed by atoms with E-state index in [-0.39, 0.29) is 78.0 Å². The van der Waals surface area contributed by atoms with Gasteiger partial charge in [-0.05, 0) is 0 Å². The minimum Gasteiger partial charge on any atom is -1.00 e. The molecule has 0 aliphatic heterocycles. The van der Waals surface area contributed by atoms with Crippen molar-refractivity contribution in [3.63, 3.8) is 0 Å². The zero-order valence-corrected chi connectivity index (χ0v) is 7.18. The topological polar surface area (TPSA) is 0 Å². The Balaban J connectivity index is 0. The van der Waals surface area contributed by atoms with E-state index in [0.717, 1.165) is 0 Å². The van der Waals surface area contributed by atoms with E-state index in [9.17, 15) is 0 Å². The maximum atomic E-state index is 0. The molecule has 0 nitrogen and oxygen atoms in total. The van der Waals surface area contributed by atoms with Crippen LogP contribution in [-0.2, 0) is 65.0 Å². The van der Waals surface area contributed by atoms with Crippen molar-refractivity contribution >= 4 is 10.1 Å². The molecule has 0 atom stereocenters. The summed E-state index contributed by atoms with van der Waals surface area (Å²) in [5.74, 6) is 0. The van der Waals surface area contributed by atoms with Crippen LogP contribution in [0.5, 0.6) is 0 Å². The smallest absolute Gasteiger partial charge is 1.00 e. The first-order chi connectivity index (χ1) is 0. The molecule has 0 aliphatic rings. The summed E-state index contributed by atoms with van der Waals surface area (Å²) in [6, 6.07) is 0. The Hall–Kier alpha value is 2.29. The third-order valence-corrected chi connectivity index (χ3v) is 0. The summed E-state index contributed by atoms with van der Waals surface area (Å²) in [6.07, 6.45) is 0. The van der Waals surface area contributed by atoms with Gasteiger partial charge in [-0.3, -0.25) is 0 Å². The third-order valence-electron chi connectivity index (χ3n) is 0. The van der Waals surface area contributed by atoms with Crippen molar-refractivity contribution in [1.29, 1.82) is 0 Å². The average Bonchev–Trinajstić information content (AvgIpc) is 0. The fourth-order valence-electron chi connectivity index (χ4n) is 0. The second-order valence-corrected chi connectivity index (χ2v) is 0. The minimum atomic E-state index is 0. The van der Waals surface area contributed by atoms with Crippen LogP contribution in [0.25, 0.3) is 0 Å². The number of hydrogen-bond donors (Lipinski definition) is 0. The second-order valence-electron chi connectivity index (χ2n) is 0. The molecule has 0 rings (SSSR count). The van der Waals surface area contributed by atoms with Crippen molar-refractivity contribution in [2.24, 2.45) is 0 Å². The standard InChI is InChI=1S/Be.Fe.Ti.Zr.2H/q+2;;;;2*-1. The first-order valence-electron chi connectivity index (χ1n) is 0. The van der Waals surface area contributed by atoms with Gasteiger partial charge in [-0.1, -0.05) is 0 Å². The summed E-state index contributed by atoms with van der Waals surface area (Å²) >= 11 is 0. The van der Waals surface area contributed by atoms with Crippen LogP contribution < -0.4 is 0 Å². The van der Waals surface area contributed by atoms with E-state index in [0.29, 0.717) is 0 Å². The Morgan fingerprint density at radius 2 is 1.25 bits per heavy atom. The molecule has 4 heteroatoms. The summed E-state index contributed by atoms with van der Waals surface area (Å²) < 4.78 is 0. The molecule has 0 unspecified atom stereocenters. The van der Waals surface area contributed by atoms with Crippen molar-refractivity contribution in [2.75, 3.05) is 0 Å². The predicted octanol–water partition coefficient (Wildman–Crippen LogP) is -0.163. The molecule has 0 amide bonds. The number of rotatable bonds is 0. The Morgan fingerprint density at radius 1 is 1.25 bits per heavy atom. The predicted molar refractivity (Wildman–Crippen MR) is 7.98 cm³/mol. The molecular weight excluding hydrogens is 204 g/mol. The maximum absolute atomic E-state index is 0. The molecule has 0 saturated heterocycles. The molecule has 0 bridgehead atoms. The van der Waals surface area contributed by atoms with Gasteiger partial charge in [-0.25, -0.2) is 0 Å². The van der Waals surface area contributed by atoms with Gasteiger partial charge in [0.2, 0.25) is 0 Å². The van der Waals surface area contributed by atoms with Gasteiger partial charge in [0.15, 0.2) is 0 Å². The van der Waals surface area contributed by atoms with Crippen LogP contribution >= 0.6 is 0 Å². The normalized spacial score (nSPS) is 0. The van der Waals surface area contributed by atoms with Gasteiger partial charge in [0, 0.05) is 65.0 Å². The van der Waals surface area contributed by atoms with Crippen molar-refractivity contribution in [3.05, 3.63) is 0 Å². The van der Waals surface area contributed by atoms with Gasteiger partial charge < -0.3 is 2.85 Å². The molecule has 20 valence electrons. The van der Waals surface area contributed by atoms with E-state index in [4.69, 9.17) is 0 Å². The monoisotopic (exact) mass is 205 g/mol. The molecule has 0 aliphatic carbocycles. The first kappa shape index (κ1) is 33.6. The first-order valence-corrected chi connectivity index (χ1v) is 0. The van der Waals surface area contributed by atoms with Crippen molar-refractivity contribution in [2.45, 2.75) is 0 Å². The molecule has 0 N–H and O–H groups in total. The van der Waals surface area contributed by atoms with Crippen LogP contribution in [0.2, 0.25) is 0 Å². The quantitative estimate of drug-likeness (QED) is 0.483. The zero-order chi connectivity index (χ0) is 0. The van der Waals surface area contributed by atoms with Crippen LogP contribution in [-0.4, -0.2) is 10.1 Å². The Bertz CT molecular complexity index is 13.5. The Morgan fingerprint density at radius 3 is 1.25 bits per heavy atom. The maximum Gasteiger partial charge on any atom is 2.00 e. The van der Waals surface area contributed by atoms with Gasteiger partial charge in [-0.15, -0.1) is 0 Å². The fourth-order valence-corrected chi connectivity index (χ4v) is 0. The fraction of sp³-hybridized carbons (Fsp3) is 0. The van der Waals surface area contributed by atoms with Crippen molar-refractivity contribution in [3.8, 4) is 0 Å². The second kappa shape index (κ2) is 18.6. The van der Waals surface area contributed by atoms with E-state index >= 15 is 0 Å². The van der Waals surface area contributed by atoms with Crippen molar-refractivity contribution in [1.82, 2.24) is 0 Å². The summed E-state index contributed by atoms with van der Waals surface area (Å²) in [5.41, 5.74) is 0. The SMILES string of the molecule is [Be+2].[Fe].[H-].[H-].[Ti].[Zr]. The summed E-state index contributed by atoms with van der Waals surface area (Å²) in [4.78, 5) is 0. The molecule has 0 radical (unpaired) electrons. The van der Waals surface area contributed by atoms with Crippen molar-refractivity contribution < 1.29 is 67.8 Å². The Labute approximate surface area is 77.2 Å². The molecule has 0 spiro atoms. The molecule has 0 fully saturated rings. The molecular formula is H2BeFeTiZr. The van der Waals surface area contributed by atoms with Crippen LogP contribution in [0.4, 0.5) is 0 Å². The van der Waals surface area contributed by atoms with Gasteiger partial charge in [0.05, 0.1) is 0 Å². The summed E-state index contributed by atoms with van der Waals surface area (Å²) in [7, 11) is 0. The van der Waals surface area contributed by atoms with Crippen LogP contribution in [0, 0.1) is 0 Å². The molecule has 0 aromatic carbocycles. The van der Waals surface area contributed by atoms with E-state index in [1.165, 1.54) is 0 Å². The third kappa shape index (κ3) is 8.86. The van der Waals surface area contributed by atoms with E-state index in [1.807, 2.05) is 0 Å². The minimum absolute atomic E-state index is 0. The van der Waals surface area contributed by atoms with Gasteiger partial charge in [-0.2, -0.15) is 0 Å². The van der Waals surface area contributed by atoms with E-state index in [2.05, 4.69) is 0 Å². The summed E-state index contributed by atoms with van der Waals surface area (Å²) in [6.45, 7) is 0. The van der Waals surface area contributed by atoms with Crippen LogP contribution in [0.1, 0.15) is 2.85 Å². The van der Waals surface area contributed by atoms with Gasteiger partial charge in [0.1, 0.15) is 0 Å². The van der Waals surface area contributed by atoms with Crippen LogP contribution in [0.15, 0.2) is 0 Å². The summed E-state index contributed by atoms with van der Waals surface area (Å²) in [5, 5.41) is 0. The molecule has 0 saturated carbocycles. The zero-order valence-electron chi connectivity index (χ0n) is 4.06. The van der Waals surface area contributed by atoms with E-state index < -0.39 is 0 Å². The molecule has 4 heavy (non-hydrogen) atoms. The van der Waals surface area contributed by atoms with Gasteiger partial charge in [0.25, 0.3) is 0 Å². The van der Waals surface area contributed by atoms with E-state index in [1.54, 1.807) is 0 Å². The van der Waals surface area contributed by atoms with Gasteiger partial charge >= 0.3 is 10.1 Å². The molecule has 0 aromatic heterocycles. The largest absolute Gasteiger partial charge is 2.00 e. The molecule has 0 aromatic rings.